The number of hydrogen-bond acceptors (Lipinski definition) is 6. The zero-order chi connectivity index (χ0) is 16.1. The number of pyridine rings is 1. The van der Waals surface area contributed by atoms with E-state index in [-0.39, 0.29) is 25.2 Å². The van der Waals surface area contributed by atoms with Crippen molar-refractivity contribution in [2.45, 2.75) is 25.7 Å². The van der Waals surface area contributed by atoms with Crippen molar-refractivity contribution >= 4 is 17.7 Å². The Morgan fingerprint density at radius 1 is 1.39 bits per heavy atom. The SMILES string of the molecule is O=C(NCc1ccc(CO)o1)c1ccc(OC2CCSC2)nc1. The lowest BCUT2D eigenvalue weighted by atomic mass is 10.2. The predicted molar refractivity (Wildman–Crippen MR) is 86.4 cm³/mol. The Labute approximate surface area is 138 Å². The molecule has 1 aliphatic rings. The van der Waals surface area contributed by atoms with Crippen LogP contribution in [0.25, 0.3) is 0 Å². The van der Waals surface area contributed by atoms with Gasteiger partial charge in [-0.05, 0) is 30.4 Å². The number of aliphatic hydroxyl groups is 1. The molecule has 0 aromatic carbocycles. The summed E-state index contributed by atoms with van der Waals surface area (Å²) in [6.07, 6.45) is 2.76. The fourth-order valence-corrected chi connectivity index (χ4v) is 3.33. The first-order valence-corrected chi connectivity index (χ1v) is 8.57. The zero-order valence-corrected chi connectivity index (χ0v) is 13.3. The summed E-state index contributed by atoms with van der Waals surface area (Å²) < 4.78 is 11.1. The predicted octanol–water partition coefficient (Wildman–Crippen LogP) is 1.98. The van der Waals surface area contributed by atoms with Crippen molar-refractivity contribution < 1.29 is 19.1 Å². The van der Waals surface area contributed by atoms with Crippen LogP contribution >= 0.6 is 11.8 Å². The van der Waals surface area contributed by atoms with Crippen LogP contribution in [0.3, 0.4) is 0 Å². The fourth-order valence-electron chi connectivity index (χ4n) is 2.23. The molecule has 1 aliphatic heterocycles. The Morgan fingerprint density at radius 3 is 2.91 bits per heavy atom. The van der Waals surface area contributed by atoms with Crippen LogP contribution in [0.1, 0.15) is 28.3 Å². The number of nitrogens with one attached hydrogen (secondary N) is 1. The fraction of sp³-hybridized carbons (Fsp3) is 0.375. The molecular weight excluding hydrogens is 316 g/mol. The van der Waals surface area contributed by atoms with Gasteiger partial charge in [0.05, 0.1) is 12.1 Å². The van der Waals surface area contributed by atoms with Crippen molar-refractivity contribution in [3.8, 4) is 5.88 Å². The molecule has 2 aromatic rings. The summed E-state index contributed by atoms with van der Waals surface area (Å²) in [5.41, 5.74) is 0.465. The summed E-state index contributed by atoms with van der Waals surface area (Å²) in [6.45, 7) is 0.106. The molecule has 0 radical (unpaired) electrons. The van der Waals surface area contributed by atoms with Crippen LogP contribution in [0.2, 0.25) is 0 Å². The molecule has 2 N–H and O–H groups in total. The summed E-state index contributed by atoms with van der Waals surface area (Å²) >= 11 is 1.88. The average molecular weight is 334 g/mol. The van der Waals surface area contributed by atoms with Gasteiger partial charge < -0.3 is 19.6 Å². The first-order chi connectivity index (χ1) is 11.2. The minimum Gasteiger partial charge on any atom is -0.473 e. The van der Waals surface area contributed by atoms with E-state index in [9.17, 15) is 4.79 Å². The number of aliphatic hydroxyl groups excluding tert-OH is 1. The maximum atomic E-state index is 12.1. The molecule has 23 heavy (non-hydrogen) atoms. The molecule has 1 unspecified atom stereocenters. The van der Waals surface area contributed by atoms with E-state index in [0.29, 0.717) is 23.0 Å². The Balaban J connectivity index is 1.52. The highest BCUT2D eigenvalue weighted by molar-refractivity contribution is 7.99. The van der Waals surface area contributed by atoms with E-state index in [1.165, 1.54) is 6.20 Å². The first kappa shape index (κ1) is 15.9. The summed E-state index contributed by atoms with van der Waals surface area (Å²) in [7, 11) is 0. The van der Waals surface area contributed by atoms with Crippen molar-refractivity contribution in [1.82, 2.24) is 10.3 Å². The lowest BCUT2D eigenvalue weighted by Crippen LogP contribution is -2.22. The highest BCUT2D eigenvalue weighted by Gasteiger charge is 2.17. The molecule has 0 aliphatic carbocycles. The lowest BCUT2D eigenvalue weighted by Gasteiger charge is -2.11. The van der Waals surface area contributed by atoms with Crippen molar-refractivity contribution in [1.29, 1.82) is 0 Å². The monoisotopic (exact) mass is 334 g/mol. The number of rotatable bonds is 6. The smallest absolute Gasteiger partial charge is 0.253 e. The molecule has 1 fully saturated rings. The quantitative estimate of drug-likeness (QED) is 0.840. The maximum Gasteiger partial charge on any atom is 0.253 e. The largest absolute Gasteiger partial charge is 0.473 e. The van der Waals surface area contributed by atoms with E-state index < -0.39 is 0 Å². The topological polar surface area (TPSA) is 84.6 Å². The van der Waals surface area contributed by atoms with Gasteiger partial charge in [-0.25, -0.2) is 4.98 Å². The van der Waals surface area contributed by atoms with Gasteiger partial charge >= 0.3 is 0 Å². The van der Waals surface area contributed by atoms with Gasteiger partial charge in [0.15, 0.2) is 0 Å². The molecule has 3 rings (SSSR count). The molecule has 2 aromatic heterocycles. The minimum atomic E-state index is -0.234. The van der Waals surface area contributed by atoms with Crippen molar-refractivity contribution in [3.05, 3.63) is 47.5 Å². The number of amides is 1. The van der Waals surface area contributed by atoms with Gasteiger partial charge in [0, 0.05) is 18.0 Å². The third-order valence-electron chi connectivity index (χ3n) is 3.47. The van der Waals surface area contributed by atoms with Gasteiger partial charge in [-0.1, -0.05) is 0 Å². The van der Waals surface area contributed by atoms with Crippen molar-refractivity contribution in [2.24, 2.45) is 0 Å². The minimum absolute atomic E-state index is 0.154. The van der Waals surface area contributed by atoms with E-state index in [1.807, 2.05) is 11.8 Å². The highest BCUT2D eigenvalue weighted by atomic mass is 32.2. The third kappa shape index (κ3) is 4.27. The van der Waals surface area contributed by atoms with Gasteiger partial charge in [0.1, 0.15) is 24.2 Å². The number of furan rings is 1. The molecule has 0 saturated carbocycles. The van der Waals surface area contributed by atoms with Gasteiger partial charge in [0.25, 0.3) is 5.91 Å². The van der Waals surface area contributed by atoms with Crippen LogP contribution in [0.5, 0.6) is 5.88 Å². The second-order valence-electron chi connectivity index (χ2n) is 5.20. The lowest BCUT2D eigenvalue weighted by molar-refractivity contribution is 0.0947. The summed E-state index contributed by atoms with van der Waals surface area (Å²) in [6, 6.07) is 6.81. The van der Waals surface area contributed by atoms with Crippen LogP contribution in [0.15, 0.2) is 34.9 Å². The first-order valence-electron chi connectivity index (χ1n) is 7.41. The summed E-state index contributed by atoms with van der Waals surface area (Å²) in [5, 5.41) is 11.7. The number of nitrogens with zero attached hydrogens (tertiary/aromatic N) is 1. The van der Waals surface area contributed by atoms with Gasteiger partial charge in [0.2, 0.25) is 5.88 Å². The highest BCUT2D eigenvalue weighted by Crippen LogP contribution is 2.22. The van der Waals surface area contributed by atoms with Crippen LogP contribution < -0.4 is 10.1 Å². The molecule has 1 saturated heterocycles. The van der Waals surface area contributed by atoms with E-state index in [2.05, 4.69) is 10.3 Å². The molecule has 0 spiro atoms. The summed E-state index contributed by atoms with van der Waals surface area (Å²) in [5.74, 6) is 3.49. The molecule has 1 amide bonds. The van der Waals surface area contributed by atoms with E-state index in [4.69, 9.17) is 14.3 Å². The van der Waals surface area contributed by atoms with Gasteiger partial charge in [-0.2, -0.15) is 11.8 Å². The van der Waals surface area contributed by atoms with Crippen LogP contribution in [-0.2, 0) is 13.2 Å². The zero-order valence-electron chi connectivity index (χ0n) is 12.5. The Morgan fingerprint density at radius 2 is 2.26 bits per heavy atom. The molecule has 1 atom stereocenters. The standard InChI is InChI=1S/C16H18N2O4S/c19-9-13-3-2-12(21-13)8-18-16(20)11-1-4-15(17-7-11)22-14-5-6-23-10-14/h1-4,7,14,19H,5-6,8-10H2,(H,18,20). The third-order valence-corrected chi connectivity index (χ3v) is 4.60. The van der Waals surface area contributed by atoms with Gasteiger partial charge in [-0.15, -0.1) is 0 Å². The number of carbonyl (C=O) groups is 1. The molecular formula is C16H18N2O4S. The van der Waals surface area contributed by atoms with Crippen LogP contribution in [0.4, 0.5) is 0 Å². The molecule has 0 bridgehead atoms. The maximum absolute atomic E-state index is 12.1. The molecule has 122 valence electrons. The van der Waals surface area contributed by atoms with E-state index >= 15 is 0 Å². The molecule has 6 nitrogen and oxygen atoms in total. The Kier molecular flexibility index (Phi) is 5.19. The number of aromatic nitrogens is 1. The Hall–Kier alpha value is -1.99. The van der Waals surface area contributed by atoms with Crippen LogP contribution in [0, 0.1) is 0 Å². The number of thioether (sulfide) groups is 1. The Bertz CT molecular complexity index is 650. The molecule has 3 heterocycles. The van der Waals surface area contributed by atoms with E-state index in [1.54, 1.807) is 24.3 Å². The van der Waals surface area contributed by atoms with Gasteiger partial charge in [-0.3, -0.25) is 4.79 Å². The second-order valence-corrected chi connectivity index (χ2v) is 6.35. The number of carbonyl (C=O) groups excluding carboxylic acids is 1. The van der Waals surface area contributed by atoms with Crippen molar-refractivity contribution in [3.63, 3.8) is 0 Å². The van der Waals surface area contributed by atoms with Crippen molar-refractivity contribution in [2.75, 3.05) is 11.5 Å². The second kappa shape index (κ2) is 7.52. The summed E-state index contributed by atoms with van der Waals surface area (Å²) in [4.78, 5) is 16.3. The number of hydrogen-bond donors (Lipinski definition) is 2. The normalized spacial score (nSPS) is 17.2. The average Bonchev–Trinajstić information content (AvgIpc) is 3.24. The van der Waals surface area contributed by atoms with Crippen LogP contribution in [-0.4, -0.2) is 33.6 Å². The number of ether oxygens (including phenoxy) is 1. The van der Waals surface area contributed by atoms with E-state index in [0.717, 1.165) is 17.9 Å². The molecule has 7 heteroatoms.